The van der Waals surface area contributed by atoms with Crippen molar-refractivity contribution in [2.45, 2.75) is 361 Å². The van der Waals surface area contributed by atoms with Gasteiger partial charge in [0.25, 0.3) is 0 Å². The highest BCUT2D eigenvalue weighted by atomic mass is 31.2. The van der Waals surface area contributed by atoms with Crippen LogP contribution in [0, 0.1) is 0 Å². The molecule has 0 aliphatic heterocycles. The fraction of sp³-hybridized carbons (Fsp3) is 0.939. The van der Waals surface area contributed by atoms with Crippen molar-refractivity contribution in [2.24, 2.45) is 0 Å². The Morgan fingerprint density at radius 2 is 0.506 bits per heavy atom. The fourth-order valence-corrected chi connectivity index (χ4v) is 11.6. The Morgan fingerprint density at radius 3 is 0.753 bits per heavy atom. The molecule has 0 saturated carbocycles. The summed E-state index contributed by atoms with van der Waals surface area (Å²) in [6, 6.07) is 0. The quantitative estimate of drug-likeness (QED) is 0.0222. The van der Waals surface area contributed by atoms with Crippen LogP contribution in [0.5, 0.6) is 0 Å². The standard InChI is InChI=1S/C66H128O17P2/c1-5-9-12-15-18-21-24-27-30-33-36-39-42-45-48-51-64(69)76-56-61(82-63(68)8-4)58-80-84(72,73)78-54-60(67)55-79-85(74,75)81-59-62(83-66(71)53-50-47-44-41-38-35-32-29-26-23-20-17-14-11-7-3)57-77-65(70)52-49-46-43-40-37-34-31-28-25-22-19-16-13-10-6-2/h60-62,67H,5-59H2,1-4H3,(H,72,73)(H,74,75)/t60-,61-,62-/m1/s1. The van der Waals surface area contributed by atoms with Gasteiger partial charge in [-0.2, -0.15) is 0 Å². The number of aliphatic hydroxyl groups excluding tert-OH is 1. The van der Waals surface area contributed by atoms with Crippen molar-refractivity contribution in [3.63, 3.8) is 0 Å². The highest BCUT2D eigenvalue weighted by molar-refractivity contribution is 7.47. The summed E-state index contributed by atoms with van der Waals surface area (Å²) in [5, 5.41) is 10.5. The van der Waals surface area contributed by atoms with Gasteiger partial charge in [-0.3, -0.25) is 37.3 Å². The Morgan fingerprint density at radius 1 is 0.294 bits per heavy atom. The molecular weight excluding hydrogens is 1130 g/mol. The maximum absolute atomic E-state index is 13.0. The third-order valence-electron chi connectivity index (χ3n) is 15.4. The highest BCUT2D eigenvalue weighted by Crippen LogP contribution is 2.45. The number of esters is 4. The average molecular weight is 1260 g/mol. The van der Waals surface area contributed by atoms with E-state index in [1.807, 2.05) is 0 Å². The van der Waals surface area contributed by atoms with Crippen LogP contribution in [0.1, 0.15) is 342 Å². The number of phosphoric ester groups is 2. The molecular formula is C66H128O17P2. The highest BCUT2D eigenvalue weighted by Gasteiger charge is 2.30. The van der Waals surface area contributed by atoms with Crippen molar-refractivity contribution < 1.29 is 80.2 Å². The Kier molecular flexibility index (Phi) is 59.6. The molecule has 3 N–H and O–H groups in total. The SMILES string of the molecule is CCCCCCCCCCCCCCCCCC(=O)OC[C@H](COP(=O)(O)OC[C@@H](O)COP(=O)(O)OC[C@@H](COC(=O)CCCCCCCCCCCCCCCCC)OC(=O)CCCCCCCCCCCCCCCCC)OC(=O)CC. The first kappa shape index (κ1) is 83.1. The molecule has 0 aromatic carbocycles. The molecule has 0 aromatic rings. The Hall–Kier alpha value is -1.94. The molecule has 19 heteroatoms. The van der Waals surface area contributed by atoms with Gasteiger partial charge >= 0.3 is 39.5 Å². The molecule has 0 amide bonds. The third kappa shape index (κ3) is 60.7. The van der Waals surface area contributed by atoms with Crippen molar-refractivity contribution in [1.29, 1.82) is 0 Å². The average Bonchev–Trinajstić information content (AvgIpc) is 3.52. The molecule has 2 unspecified atom stereocenters. The van der Waals surface area contributed by atoms with Gasteiger partial charge in [-0.05, 0) is 19.3 Å². The lowest BCUT2D eigenvalue weighted by molar-refractivity contribution is -0.161. The largest absolute Gasteiger partial charge is 0.472 e. The third-order valence-corrected chi connectivity index (χ3v) is 17.3. The molecule has 504 valence electrons. The predicted octanol–water partition coefficient (Wildman–Crippen LogP) is 18.7. The normalized spacial score (nSPS) is 14.1. The van der Waals surface area contributed by atoms with E-state index in [4.69, 9.17) is 37.0 Å². The second kappa shape index (κ2) is 60.9. The van der Waals surface area contributed by atoms with E-state index in [2.05, 4.69) is 20.8 Å². The van der Waals surface area contributed by atoms with E-state index >= 15 is 0 Å². The molecule has 0 aliphatic carbocycles. The molecule has 0 heterocycles. The summed E-state index contributed by atoms with van der Waals surface area (Å²) in [7, 11) is -9.85. The van der Waals surface area contributed by atoms with Gasteiger partial charge in [0.1, 0.15) is 19.3 Å². The number of ether oxygens (including phenoxy) is 4. The van der Waals surface area contributed by atoms with Crippen LogP contribution in [-0.2, 0) is 65.4 Å². The second-order valence-electron chi connectivity index (χ2n) is 23.8. The van der Waals surface area contributed by atoms with Crippen LogP contribution in [0.25, 0.3) is 0 Å². The Labute approximate surface area is 517 Å². The Balaban J connectivity index is 4.89. The molecule has 0 rings (SSSR count). The Bertz CT molecular complexity index is 1640. The summed E-state index contributed by atoms with van der Waals surface area (Å²) >= 11 is 0. The number of carbonyl (C=O) groups is 4. The summed E-state index contributed by atoms with van der Waals surface area (Å²) in [6.45, 7) is 4.30. The molecule has 85 heavy (non-hydrogen) atoms. The van der Waals surface area contributed by atoms with E-state index in [0.717, 1.165) is 64.2 Å². The van der Waals surface area contributed by atoms with E-state index in [9.17, 15) is 43.2 Å². The van der Waals surface area contributed by atoms with Gasteiger partial charge in [0.05, 0.1) is 26.4 Å². The van der Waals surface area contributed by atoms with Crippen molar-refractivity contribution in [2.75, 3.05) is 39.6 Å². The molecule has 17 nitrogen and oxygen atoms in total. The number of phosphoric acid groups is 2. The van der Waals surface area contributed by atoms with Gasteiger partial charge in [0.2, 0.25) is 0 Å². The zero-order valence-electron chi connectivity index (χ0n) is 54.6. The molecule has 0 bridgehead atoms. The molecule has 0 radical (unpaired) electrons. The van der Waals surface area contributed by atoms with Crippen LogP contribution in [0.15, 0.2) is 0 Å². The van der Waals surface area contributed by atoms with E-state index in [1.165, 1.54) is 205 Å². The van der Waals surface area contributed by atoms with E-state index in [0.29, 0.717) is 19.3 Å². The fourth-order valence-electron chi connectivity index (χ4n) is 10.0. The lowest BCUT2D eigenvalue weighted by Gasteiger charge is -2.21. The van der Waals surface area contributed by atoms with Crippen molar-refractivity contribution >= 4 is 39.5 Å². The lowest BCUT2D eigenvalue weighted by atomic mass is 10.0. The van der Waals surface area contributed by atoms with Crippen LogP contribution in [0.2, 0.25) is 0 Å². The van der Waals surface area contributed by atoms with E-state index < -0.39 is 97.5 Å². The van der Waals surface area contributed by atoms with Crippen LogP contribution in [0.3, 0.4) is 0 Å². The van der Waals surface area contributed by atoms with E-state index in [-0.39, 0.29) is 25.7 Å². The lowest BCUT2D eigenvalue weighted by Crippen LogP contribution is -2.30. The van der Waals surface area contributed by atoms with Gasteiger partial charge in [0, 0.05) is 25.7 Å². The molecule has 0 fully saturated rings. The minimum absolute atomic E-state index is 0.0140. The van der Waals surface area contributed by atoms with E-state index in [1.54, 1.807) is 6.92 Å². The maximum Gasteiger partial charge on any atom is 0.472 e. The molecule has 0 aliphatic rings. The number of hydrogen-bond donors (Lipinski definition) is 3. The molecule has 5 atom stereocenters. The van der Waals surface area contributed by atoms with Gasteiger partial charge in [-0.1, -0.05) is 297 Å². The second-order valence-corrected chi connectivity index (χ2v) is 26.7. The van der Waals surface area contributed by atoms with Crippen molar-refractivity contribution in [3.8, 4) is 0 Å². The number of unbranched alkanes of at least 4 members (excludes halogenated alkanes) is 42. The van der Waals surface area contributed by atoms with Crippen LogP contribution in [0.4, 0.5) is 0 Å². The first-order valence-corrected chi connectivity index (χ1v) is 37.8. The minimum Gasteiger partial charge on any atom is -0.462 e. The first-order chi connectivity index (χ1) is 41.2. The van der Waals surface area contributed by atoms with Gasteiger partial charge in [-0.15, -0.1) is 0 Å². The minimum atomic E-state index is -4.94. The summed E-state index contributed by atoms with van der Waals surface area (Å²) in [6.07, 6.45) is 49.8. The first-order valence-electron chi connectivity index (χ1n) is 34.8. The van der Waals surface area contributed by atoms with Crippen molar-refractivity contribution in [1.82, 2.24) is 0 Å². The van der Waals surface area contributed by atoms with Crippen molar-refractivity contribution in [3.05, 3.63) is 0 Å². The summed E-state index contributed by atoms with van der Waals surface area (Å²) < 4.78 is 67.1. The molecule has 0 saturated heterocycles. The van der Waals surface area contributed by atoms with Gasteiger partial charge in [-0.25, -0.2) is 9.13 Å². The summed E-state index contributed by atoms with van der Waals surface area (Å²) in [4.78, 5) is 71.1. The summed E-state index contributed by atoms with van der Waals surface area (Å²) in [5.41, 5.74) is 0. The van der Waals surface area contributed by atoms with Gasteiger partial charge in [0.15, 0.2) is 12.2 Å². The van der Waals surface area contributed by atoms with Crippen LogP contribution < -0.4 is 0 Å². The van der Waals surface area contributed by atoms with Crippen LogP contribution in [-0.4, -0.2) is 96.7 Å². The number of aliphatic hydroxyl groups is 1. The molecule has 0 aromatic heterocycles. The predicted molar refractivity (Wildman–Crippen MR) is 340 cm³/mol. The maximum atomic E-state index is 13.0. The number of rotatable bonds is 67. The monoisotopic (exact) mass is 1250 g/mol. The summed E-state index contributed by atoms with van der Waals surface area (Å²) in [5.74, 6) is -2.22. The van der Waals surface area contributed by atoms with Crippen LogP contribution >= 0.6 is 15.6 Å². The number of carbonyl (C=O) groups excluding carboxylic acids is 4. The number of hydrogen-bond acceptors (Lipinski definition) is 15. The molecule has 0 spiro atoms. The zero-order valence-corrected chi connectivity index (χ0v) is 56.4. The topological polar surface area (TPSA) is 237 Å². The smallest absolute Gasteiger partial charge is 0.462 e. The van der Waals surface area contributed by atoms with Gasteiger partial charge < -0.3 is 33.8 Å². The zero-order chi connectivity index (χ0) is 62.6.